The molecule has 0 aliphatic heterocycles. The lowest BCUT2D eigenvalue weighted by molar-refractivity contribution is -0.141. The predicted octanol–water partition coefficient (Wildman–Crippen LogP) is 5.72. The number of halogens is 2. The van der Waals surface area contributed by atoms with Gasteiger partial charge in [0.1, 0.15) is 36.8 Å². The molecule has 0 amide bonds. The number of ether oxygens (including phenoxy) is 2. The van der Waals surface area contributed by atoms with Gasteiger partial charge in [-0.05, 0) is 114 Å². The number of carboxylic acid groups (broad SMARTS) is 2. The molecule has 0 spiro atoms. The average molecular weight is 787 g/mol. The summed E-state index contributed by atoms with van der Waals surface area (Å²) in [5, 5.41) is 42.3. The molecular weight excluding hydrogens is 748 g/mol. The first-order valence-electron chi connectivity index (χ1n) is 15.2. The second kappa shape index (κ2) is 17.6. The summed E-state index contributed by atoms with van der Waals surface area (Å²) in [7, 11) is 0. The maximum Gasteiger partial charge on any atom is 0.323 e. The van der Waals surface area contributed by atoms with E-state index in [2.05, 4.69) is 68.5 Å². The minimum Gasteiger partial charge on any atom is -0.488 e. The summed E-state index contributed by atoms with van der Waals surface area (Å²) in [6.07, 6.45) is 0. The van der Waals surface area contributed by atoms with Crippen molar-refractivity contribution in [2.75, 3.05) is 13.2 Å². The summed E-state index contributed by atoms with van der Waals surface area (Å²) in [6, 6.07) is 21.3. The summed E-state index contributed by atoms with van der Waals surface area (Å²) in [6.45, 7) is 4.43. The molecule has 0 aliphatic rings. The van der Waals surface area contributed by atoms with Gasteiger partial charge < -0.3 is 29.9 Å². The van der Waals surface area contributed by atoms with E-state index in [1.807, 2.05) is 60.7 Å². The van der Waals surface area contributed by atoms with Gasteiger partial charge in [-0.1, -0.05) is 48.5 Å². The van der Waals surface area contributed by atoms with Crippen LogP contribution < -0.4 is 20.1 Å². The highest BCUT2D eigenvalue weighted by Gasteiger charge is 2.17. The van der Waals surface area contributed by atoms with Crippen molar-refractivity contribution in [3.8, 4) is 22.6 Å². The van der Waals surface area contributed by atoms with Crippen molar-refractivity contribution < 1.29 is 39.5 Å². The zero-order chi connectivity index (χ0) is 34.8. The Morgan fingerprint density at radius 1 is 0.667 bits per heavy atom. The molecule has 0 fully saturated rings. The Morgan fingerprint density at radius 3 is 1.40 bits per heavy atom. The Kier molecular flexibility index (Phi) is 13.6. The van der Waals surface area contributed by atoms with E-state index in [1.54, 1.807) is 0 Å². The van der Waals surface area contributed by atoms with Crippen LogP contribution in [0.4, 0.5) is 0 Å². The van der Waals surface area contributed by atoms with E-state index in [0.29, 0.717) is 24.7 Å². The van der Waals surface area contributed by atoms with Crippen LogP contribution in [0.2, 0.25) is 0 Å². The highest BCUT2D eigenvalue weighted by Crippen LogP contribution is 2.33. The maximum atomic E-state index is 11.1. The topological polar surface area (TPSA) is 158 Å². The second-order valence-electron chi connectivity index (χ2n) is 11.2. The Balaban J connectivity index is 1.41. The number of rotatable bonds is 17. The van der Waals surface area contributed by atoms with Crippen LogP contribution in [0.25, 0.3) is 11.1 Å². The van der Waals surface area contributed by atoms with E-state index < -0.39 is 37.2 Å². The molecule has 254 valence electrons. The fourth-order valence-corrected chi connectivity index (χ4v) is 6.14. The molecule has 6 N–H and O–H groups in total. The van der Waals surface area contributed by atoms with Crippen molar-refractivity contribution in [2.24, 2.45) is 0 Å². The van der Waals surface area contributed by atoms with E-state index >= 15 is 0 Å². The largest absolute Gasteiger partial charge is 0.488 e. The lowest BCUT2D eigenvalue weighted by atomic mass is 9.92. The summed E-state index contributed by atoms with van der Waals surface area (Å²) in [4.78, 5) is 22.3. The number of carboxylic acids is 2. The first-order chi connectivity index (χ1) is 23.0. The molecule has 0 aliphatic carbocycles. The minimum absolute atomic E-state index is 0.283. The highest BCUT2D eigenvalue weighted by molar-refractivity contribution is 9.10. The van der Waals surface area contributed by atoms with E-state index in [0.717, 1.165) is 53.5 Å². The molecule has 0 radical (unpaired) electrons. The molecule has 10 nitrogen and oxygen atoms in total. The molecule has 48 heavy (non-hydrogen) atoms. The fourth-order valence-electron chi connectivity index (χ4n) is 5.06. The first-order valence-corrected chi connectivity index (χ1v) is 16.7. The number of benzene rings is 4. The van der Waals surface area contributed by atoms with Gasteiger partial charge in [0.05, 0.1) is 22.2 Å². The summed E-state index contributed by atoms with van der Waals surface area (Å²) < 4.78 is 13.8. The quantitative estimate of drug-likeness (QED) is 0.0783. The van der Waals surface area contributed by atoms with Crippen LogP contribution in [0.3, 0.4) is 0 Å². The van der Waals surface area contributed by atoms with E-state index in [1.165, 1.54) is 0 Å². The van der Waals surface area contributed by atoms with Gasteiger partial charge in [0, 0.05) is 13.1 Å². The monoisotopic (exact) mass is 784 g/mol. The fraction of sp³-hybridized carbons (Fsp3) is 0.278. The molecule has 0 heterocycles. The van der Waals surface area contributed by atoms with Crippen LogP contribution in [-0.4, -0.2) is 57.7 Å². The molecule has 4 aromatic carbocycles. The summed E-state index contributed by atoms with van der Waals surface area (Å²) in [5.41, 5.74) is 8.13. The van der Waals surface area contributed by atoms with Crippen LogP contribution in [0.1, 0.15) is 33.4 Å². The van der Waals surface area contributed by atoms with Gasteiger partial charge in [-0.15, -0.1) is 0 Å². The van der Waals surface area contributed by atoms with Crippen molar-refractivity contribution in [1.29, 1.82) is 0 Å². The van der Waals surface area contributed by atoms with E-state index in [-0.39, 0.29) is 13.1 Å². The van der Waals surface area contributed by atoms with Gasteiger partial charge in [-0.25, -0.2) is 0 Å². The van der Waals surface area contributed by atoms with Crippen LogP contribution in [0.15, 0.2) is 81.7 Å². The minimum atomic E-state index is -1.11. The van der Waals surface area contributed by atoms with Gasteiger partial charge in [0.25, 0.3) is 0 Å². The molecular formula is C36H38Br2N2O8. The molecule has 0 bridgehead atoms. The Labute approximate surface area is 296 Å². The third-order valence-corrected chi connectivity index (χ3v) is 9.25. The highest BCUT2D eigenvalue weighted by atomic mass is 79.9. The molecule has 12 heteroatoms. The van der Waals surface area contributed by atoms with Crippen LogP contribution in [0, 0.1) is 13.8 Å². The zero-order valence-corrected chi connectivity index (χ0v) is 29.7. The van der Waals surface area contributed by atoms with E-state index in [9.17, 15) is 19.8 Å². The maximum absolute atomic E-state index is 11.1. The van der Waals surface area contributed by atoms with Crippen LogP contribution >= 0.6 is 31.9 Å². The molecule has 2 atom stereocenters. The third-order valence-electron chi connectivity index (χ3n) is 8.01. The molecule has 0 saturated heterocycles. The normalized spacial score (nSPS) is 12.4. The smallest absolute Gasteiger partial charge is 0.323 e. The second-order valence-corrected chi connectivity index (χ2v) is 12.9. The Hall–Kier alpha value is -3.78. The zero-order valence-electron chi connectivity index (χ0n) is 26.5. The van der Waals surface area contributed by atoms with Gasteiger partial charge in [-0.3, -0.25) is 20.2 Å². The Bertz CT molecular complexity index is 1620. The van der Waals surface area contributed by atoms with Crippen LogP contribution in [0.5, 0.6) is 11.5 Å². The Morgan fingerprint density at radius 2 is 1.06 bits per heavy atom. The molecule has 4 rings (SSSR count). The standard InChI is InChI=1S/C36H38Br2N2O8/c1-21-25(19-47-33-11-9-23(13-29(33)37)15-39-31(17-41)35(43)44)5-3-7-27(21)28-8-4-6-26(22(28)2)20-48-34-12-10-24(14-30(34)38)16-40-32(18-42)36(45)46/h3-14,31-32,39-42H,15-20H2,1-2H3,(H,43,44)(H,45,46). The van der Waals surface area contributed by atoms with Crippen molar-refractivity contribution in [1.82, 2.24) is 10.6 Å². The number of aliphatic hydroxyl groups is 2. The molecule has 0 saturated carbocycles. The number of aliphatic hydroxyl groups excluding tert-OH is 2. The van der Waals surface area contributed by atoms with Gasteiger partial charge in [-0.2, -0.15) is 0 Å². The van der Waals surface area contributed by atoms with Crippen molar-refractivity contribution in [2.45, 2.75) is 52.2 Å². The number of hydrogen-bond donors (Lipinski definition) is 6. The third kappa shape index (κ3) is 9.65. The molecule has 0 aromatic heterocycles. The number of hydrogen-bond acceptors (Lipinski definition) is 8. The average Bonchev–Trinajstić information content (AvgIpc) is 3.05. The summed E-state index contributed by atoms with van der Waals surface area (Å²) >= 11 is 7.11. The van der Waals surface area contributed by atoms with Gasteiger partial charge >= 0.3 is 11.9 Å². The predicted molar refractivity (Wildman–Crippen MR) is 189 cm³/mol. The SMILES string of the molecule is Cc1c(COc2ccc(CNC(CO)C(=O)O)cc2Br)cccc1-c1cccc(COc2ccc(CNC(CO)C(=O)O)cc2Br)c1C. The lowest BCUT2D eigenvalue weighted by Crippen LogP contribution is -2.39. The number of carbonyl (C=O) groups is 2. The van der Waals surface area contributed by atoms with Crippen LogP contribution in [-0.2, 0) is 35.9 Å². The van der Waals surface area contributed by atoms with Crippen molar-refractivity contribution in [3.63, 3.8) is 0 Å². The van der Waals surface area contributed by atoms with Crippen molar-refractivity contribution >= 4 is 43.8 Å². The lowest BCUT2D eigenvalue weighted by Gasteiger charge is -2.18. The van der Waals surface area contributed by atoms with Crippen molar-refractivity contribution in [3.05, 3.63) is 115 Å². The molecule has 4 aromatic rings. The van der Waals surface area contributed by atoms with E-state index in [4.69, 9.17) is 19.7 Å². The summed E-state index contributed by atoms with van der Waals surface area (Å²) in [5.74, 6) is -0.907. The number of nitrogens with one attached hydrogen (secondary N) is 2. The molecule has 2 unspecified atom stereocenters. The van der Waals surface area contributed by atoms with Gasteiger partial charge in [0.15, 0.2) is 0 Å². The van der Waals surface area contributed by atoms with Gasteiger partial charge in [0.2, 0.25) is 0 Å². The number of aliphatic carboxylic acids is 2. The first kappa shape index (κ1) is 37.0.